The third kappa shape index (κ3) is 2.66. The summed E-state index contributed by atoms with van der Waals surface area (Å²) >= 11 is 0. The molecule has 0 radical (unpaired) electrons. The van der Waals surface area contributed by atoms with Crippen LogP contribution in [0.3, 0.4) is 0 Å². The number of hydrogen-bond acceptors (Lipinski definition) is 7. The Morgan fingerprint density at radius 1 is 1.52 bits per heavy atom. The maximum absolute atomic E-state index is 8.98. The number of ether oxygens (including phenoxy) is 1. The van der Waals surface area contributed by atoms with Gasteiger partial charge in [-0.3, -0.25) is 10.00 Å². The van der Waals surface area contributed by atoms with Crippen LogP contribution in [0, 0.1) is 11.3 Å². The van der Waals surface area contributed by atoms with Gasteiger partial charge in [0, 0.05) is 19.1 Å². The summed E-state index contributed by atoms with van der Waals surface area (Å²) in [4.78, 5) is 6.65. The molecule has 1 N–H and O–H groups in total. The number of nitriles is 1. The second-order valence-electron chi connectivity index (χ2n) is 5.18. The second-order valence-corrected chi connectivity index (χ2v) is 5.18. The number of nitrogens with one attached hydrogen (secondary N) is 1. The van der Waals surface area contributed by atoms with E-state index in [4.69, 9.17) is 14.5 Å². The first-order valence-electron chi connectivity index (χ1n) is 6.82. The van der Waals surface area contributed by atoms with Gasteiger partial charge in [0.2, 0.25) is 5.82 Å². The molecule has 1 atom stereocenters. The Hall–Kier alpha value is -2.24. The van der Waals surface area contributed by atoms with Gasteiger partial charge in [-0.25, -0.2) is 0 Å². The van der Waals surface area contributed by atoms with E-state index < -0.39 is 0 Å². The monoisotopic (exact) mass is 288 g/mol. The van der Waals surface area contributed by atoms with E-state index >= 15 is 0 Å². The lowest BCUT2D eigenvalue weighted by Crippen LogP contribution is -2.42. The first-order valence-corrected chi connectivity index (χ1v) is 6.82. The van der Waals surface area contributed by atoms with Crippen LogP contribution in [0.1, 0.15) is 31.5 Å². The lowest BCUT2D eigenvalue weighted by Gasteiger charge is -2.34. The summed E-state index contributed by atoms with van der Waals surface area (Å²) in [5.41, 5.74) is 0.811. The van der Waals surface area contributed by atoms with E-state index in [1.54, 1.807) is 0 Å². The van der Waals surface area contributed by atoms with Crippen molar-refractivity contribution in [3.8, 4) is 17.5 Å². The third-order valence-electron chi connectivity index (χ3n) is 3.54. The van der Waals surface area contributed by atoms with Crippen LogP contribution < -0.4 is 0 Å². The molecule has 1 aliphatic heterocycles. The number of hydrogen-bond donors (Lipinski definition) is 1. The van der Waals surface area contributed by atoms with Crippen LogP contribution in [0.5, 0.6) is 0 Å². The largest absolute Gasteiger partial charge is 0.367 e. The van der Waals surface area contributed by atoms with Gasteiger partial charge in [0.05, 0.1) is 18.4 Å². The molecule has 8 nitrogen and oxygen atoms in total. The number of H-pyrrole nitrogens is 1. The summed E-state index contributed by atoms with van der Waals surface area (Å²) < 4.78 is 10.9. The Labute approximate surface area is 121 Å². The van der Waals surface area contributed by atoms with Gasteiger partial charge in [0.15, 0.2) is 0 Å². The second kappa shape index (κ2) is 5.63. The van der Waals surface area contributed by atoms with Crippen molar-refractivity contribution in [2.45, 2.75) is 26.0 Å². The molecule has 0 spiro atoms. The Balaban J connectivity index is 1.81. The fraction of sp³-hybridized carbons (Fsp3) is 0.538. The molecule has 1 aliphatic rings. The van der Waals surface area contributed by atoms with Crippen LogP contribution in [-0.4, -0.2) is 51.0 Å². The molecule has 0 bridgehead atoms. The first kappa shape index (κ1) is 13.7. The summed E-state index contributed by atoms with van der Waals surface area (Å²) in [5.74, 6) is 0.779. The molecule has 0 aromatic carbocycles. The van der Waals surface area contributed by atoms with Crippen molar-refractivity contribution < 1.29 is 9.26 Å². The summed E-state index contributed by atoms with van der Waals surface area (Å²) in [6, 6.07) is 2.45. The maximum atomic E-state index is 8.98. The molecule has 8 heteroatoms. The van der Waals surface area contributed by atoms with Crippen molar-refractivity contribution in [3.63, 3.8) is 0 Å². The zero-order valence-electron chi connectivity index (χ0n) is 11.9. The highest BCUT2D eigenvalue weighted by molar-refractivity contribution is 5.59. The molecule has 21 heavy (non-hydrogen) atoms. The molecular formula is C13H16N6O2. The third-order valence-corrected chi connectivity index (χ3v) is 3.54. The Morgan fingerprint density at radius 2 is 2.38 bits per heavy atom. The first-order chi connectivity index (χ1) is 10.2. The van der Waals surface area contributed by atoms with Crippen molar-refractivity contribution >= 4 is 0 Å². The van der Waals surface area contributed by atoms with Gasteiger partial charge in [-0.1, -0.05) is 5.16 Å². The van der Waals surface area contributed by atoms with Crippen molar-refractivity contribution in [3.05, 3.63) is 17.7 Å². The van der Waals surface area contributed by atoms with Crippen molar-refractivity contribution in [2.75, 3.05) is 19.7 Å². The average molecular weight is 288 g/mol. The topological polar surface area (TPSA) is 104 Å². The lowest BCUT2D eigenvalue weighted by atomic mass is 10.2. The lowest BCUT2D eigenvalue weighted by molar-refractivity contribution is -0.0450. The van der Waals surface area contributed by atoms with E-state index in [9.17, 15) is 0 Å². The normalized spacial score (nSPS) is 19.8. The quantitative estimate of drug-likeness (QED) is 0.902. The van der Waals surface area contributed by atoms with Gasteiger partial charge >= 0.3 is 0 Å². The van der Waals surface area contributed by atoms with Crippen LogP contribution in [-0.2, 0) is 4.74 Å². The van der Waals surface area contributed by atoms with Crippen molar-refractivity contribution in [2.24, 2.45) is 0 Å². The predicted molar refractivity (Wildman–Crippen MR) is 72.0 cm³/mol. The van der Waals surface area contributed by atoms with Gasteiger partial charge in [-0.2, -0.15) is 15.3 Å². The number of aromatic nitrogens is 4. The summed E-state index contributed by atoms with van der Waals surface area (Å²) in [5, 5.41) is 19.4. The molecule has 2 aromatic heterocycles. The van der Waals surface area contributed by atoms with Crippen LogP contribution >= 0.6 is 0 Å². The number of rotatable bonds is 3. The van der Waals surface area contributed by atoms with Gasteiger partial charge < -0.3 is 9.26 Å². The van der Waals surface area contributed by atoms with Crippen LogP contribution in [0.15, 0.2) is 10.7 Å². The van der Waals surface area contributed by atoms with E-state index in [2.05, 4.69) is 39.1 Å². The zero-order chi connectivity index (χ0) is 14.8. The molecule has 2 aromatic rings. The van der Waals surface area contributed by atoms with Gasteiger partial charge in [0.1, 0.15) is 17.9 Å². The Morgan fingerprint density at radius 3 is 3.14 bits per heavy atom. The summed E-state index contributed by atoms with van der Waals surface area (Å²) in [6.45, 7) is 6.57. The van der Waals surface area contributed by atoms with Gasteiger partial charge in [0.25, 0.3) is 5.89 Å². The van der Waals surface area contributed by atoms with E-state index in [-0.39, 0.29) is 12.0 Å². The SMILES string of the molecule is CC(C)N1CCOC(c2noc(-c3cn[nH]c3C#N)n2)C1. The van der Waals surface area contributed by atoms with Crippen LogP contribution in [0.2, 0.25) is 0 Å². The minimum atomic E-state index is -0.212. The van der Waals surface area contributed by atoms with Crippen molar-refractivity contribution in [1.82, 2.24) is 25.2 Å². The average Bonchev–Trinajstić information content (AvgIpc) is 3.15. The highest BCUT2D eigenvalue weighted by atomic mass is 16.5. The van der Waals surface area contributed by atoms with Crippen LogP contribution in [0.25, 0.3) is 11.5 Å². The fourth-order valence-corrected chi connectivity index (χ4v) is 2.30. The molecule has 110 valence electrons. The molecular weight excluding hydrogens is 272 g/mol. The molecule has 0 amide bonds. The summed E-state index contributed by atoms with van der Waals surface area (Å²) in [7, 11) is 0. The Bertz CT molecular complexity index is 656. The zero-order valence-corrected chi connectivity index (χ0v) is 11.9. The molecule has 0 saturated carbocycles. The van der Waals surface area contributed by atoms with Crippen LogP contribution in [0.4, 0.5) is 0 Å². The number of nitrogens with zero attached hydrogens (tertiary/aromatic N) is 5. The minimum absolute atomic E-state index is 0.212. The smallest absolute Gasteiger partial charge is 0.262 e. The predicted octanol–water partition coefficient (Wildman–Crippen LogP) is 1.11. The van der Waals surface area contributed by atoms with E-state index in [1.807, 2.05) is 6.07 Å². The number of aromatic amines is 1. The highest BCUT2D eigenvalue weighted by Gasteiger charge is 2.28. The summed E-state index contributed by atoms with van der Waals surface area (Å²) in [6.07, 6.45) is 1.29. The van der Waals surface area contributed by atoms with Gasteiger partial charge in [-0.05, 0) is 13.8 Å². The minimum Gasteiger partial charge on any atom is -0.367 e. The maximum Gasteiger partial charge on any atom is 0.262 e. The molecule has 1 fully saturated rings. The molecule has 0 aliphatic carbocycles. The Kier molecular flexibility index (Phi) is 3.68. The van der Waals surface area contributed by atoms with E-state index in [1.165, 1.54) is 6.20 Å². The van der Waals surface area contributed by atoms with Gasteiger partial charge in [-0.15, -0.1) is 0 Å². The number of morpholine rings is 1. The highest BCUT2D eigenvalue weighted by Crippen LogP contribution is 2.25. The molecule has 1 unspecified atom stereocenters. The fourth-order valence-electron chi connectivity index (χ4n) is 2.30. The van der Waals surface area contributed by atoms with E-state index in [0.29, 0.717) is 29.7 Å². The standard InChI is InChI=1S/C13H16N6O2/c1-8(2)19-3-4-20-11(7-19)12-16-13(21-18-12)9-6-15-17-10(9)5-14/h6,8,11H,3-4,7H2,1-2H3,(H,15,17). The molecule has 3 heterocycles. The molecule has 3 rings (SSSR count). The van der Waals surface area contributed by atoms with Crippen molar-refractivity contribution in [1.29, 1.82) is 5.26 Å². The van der Waals surface area contributed by atoms with E-state index in [0.717, 1.165) is 13.1 Å². The molecule has 1 saturated heterocycles.